The molecule has 0 fully saturated rings. The minimum absolute atomic E-state index is 0.0448. The van der Waals surface area contributed by atoms with E-state index in [0.29, 0.717) is 30.3 Å². The zero-order valence-electron chi connectivity index (χ0n) is 12.2. The van der Waals surface area contributed by atoms with Gasteiger partial charge in [0.25, 0.3) is 0 Å². The second kappa shape index (κ2) is 7.33. The van der Waals surface area contributed by atoms with E-state index < -0.39 is 0 Å². The second-order valence-electron chi connectivity index (χ2n) is 4.43. The quantitative estimate of drug-likeness (QED) is 0.578. The molecule has 4 heteroatoms. The van der Waals surface area contributed by atoms with Crippen molar-refractivity contribution >= 4 is 5.78 Å². The standard InChI is InChI=1S/C17H18O4/c1-13(18)16-9-8-15(19-2)12-17(16)21-11-10-20-14-6-4-3-5-7-14/h3-9,12H,10-11H2,1-2H3. The summed E-state index contributed by atoms with van der Waals surface area (Å²) in [5.74, 6) is 1.91. The molecule has 0 atom stereocenters. The fourth-order valence-electron chi connectivity index (χ4n) is 1.87. The van der Waals surface area contributed by atoms with Crippen molar-refractivity contribution in [2.45, 2.75) is 6.92 Å². The van der Waals surface area contributed by atoms with E-state index in [2.05, 4.69) is 0 Å². The first-order chi connectivity index (χ1) is 10.2. The van der Waals surface area contributed by atoms with Crippen LogP contribution in [0.2, 0.25) is 0 Å². The number of ketones is 1. The summed E-state index contributed by atoms with van der Waals surface area (Å²) in [6, 6.07) is 14.7. The van der Waals surface area contributed by atoms with E-state index in [1.165, 1.54) is 6.92 Å². The first-order valence-corrected chi connectivity index (χ1v) is 6.70. The lowest BCUT2D eigenvalue weighted by molar-refractivity contribution is 0.101. The van der Waals surface area contributed by atoms with Crippen LogP contribution >= 0.6 is 0 Å². The molecule has 0 radical (unpaired) electrons. The van der Waals surface area contributed by atoms with Crippen LogP contribution in [0.1, 0.15) is 17.3 Å². The minimum Gasteiger partial charge on any atom is -0.497 e. The van der Waals surface area contributed by atoms with Crippen molar-refractivity contribution in [3.05, 3.63) is 54.1 Å². The number of hydrogen-bond acceptors (Lipinski definition) is 4. The number of hydrogen-bond donors (Lipinski definition) is 0. The molecule has 2 aromatic carbocycles. The van der Waals surface area contributed by atoms with Crippen molar-refractivity contribution in [3.8, 4) is 17.2 Å². The van der Waals surface area contributed by atoms with E-state index in [0.717, 1.165) is 5.75 Å². The summed E-state index contributed by atoms with van der Waals surface area (Å²) < 4.78 is 16.3. The molecule has 110 valence electrons. The molecule has 4 nitrogen and oxygen atoms in total. The lowest BCUT2D eigenvalue weighted by Crippen LogP contribution is -2.11. The number of methoxy groups -OCH3 is 1. The largest absolute Gasteiger partial charge is 0.497 e. The van der Waals surface area contributed by atoms with Crippen LogP contribution in [-0.4, -0.2) is 26.1 Å². The van der Waals surface area contributed by atoms with Crippen molar-refractivity contribution in [1.29, 1.82) is 0 Å². The van der Waals surface area contributed by atoms with Crippen LogP contribution in [0, 0.1) is 0 Å². The van der Waals surface area contributed by atoms with Crippen molar-refractivity contribution in [1.82, 2.24) is 0 Å². The Bertz CT molecular complexity index is 593. The molecule has 2 aromatic rings. The molecule has 0 aliphatic rings. The Morgan fingerprint density at radius 1 is 0.952 bits per heavy atom. The normalized spacial score (nSPS) is 10.0. The maximum atomic E-state index is 11.6. The summed E-state index contributed by atoms with van der Waals surface area (Å²) in [6.45, 7) is 2.26. The van der Waals surface area contributed by atoms with Crippen LogP contribution in [-0.2, 0) is 0 Å². The summed E-state index contributed by atoms with van der Waals surface area (Å²) in [5, 5.41) is 0. The Kier molecular flexibility index (Phi) is 5.21. The number of carbonyl (C=O) groups is 1. The van der Waals surface area contributed by atoms with Crippen molar-refractivity contribution in [3.63, 3.8) is 0 Å². The molecule has 0 unspecified atom stereocenters. The number of benzene rings is 2. The molecule has 0 aromatic heterocycles. The average molecular weight is 286 g/mol. The summed E-state index contributed by atoms with van der Waals surface area (Å²) in [5.41, 5.74) is 0.538. The Morgan fingerprint density at radius 3 is 2.33 bits per heavy atom. The summed E-state index contributed by atoms with van der Waals surface area (Å²) in [4.78, 5) is 11.6. The van der Waals surface area contributed by atoms with Gasteiger partial charge in [0.05, 0.1) is 12.7 Å². The molecule has 0 bridgehead atoms. The number of Topliss-reactive ketones (excluding diaryl/α,β-unsaturated/α-hetero) is 1. The van der Waals surface area contributed by atoms with Crippen molar-refractivity contribution in [2.75, 3.05) is 20.3 Å². The molecule has 0 aliphatic carbocycles. The molecule has 0 amide bonds. The Morgan fingerprint density at radius 2 is 1.67 bits per heavy atom. The van der Waals surface area contributed by atoms with Gasteiger partial charge in [-0.15, -0.1) is 0 Å². The smallest absolute Gasteiger partial charge is 0.163 e. The fourth-order valence-corrected chi connectivity index (χ4v) is 1.87. The maximum absolute atomic E-state index is 11.6. The zero-order valence-corrected chi connectivity index (χ0v) is 12.2. The molecule has 0 saturated heterocycles. The monoisotopic (exact) mass is 286 g/mol. The van der Waals surface area contributed by atoms with E-state index in [4.69, 9.17) is 14.2 Å². The van der Waals surface area contributed by atoms with Gasteiger partial charge in [0.15, 0.2) is 5.78 Å². The highest BCUT2D eigenvalue weighted by atomic mass is 16.5. The zero-order chi connectivity index (χ0) is 15.1. The number of ether oxygens (including phenoxy) is 3. The van der Waals surface area contributed by atoms with E-state index >= 15 is 0 Å². The Labute approximate surface area is 124 Å². The Hall–Kier alpha value is -2.49. The van der Waals surface area contributed by atoms with Gasteiger partial charge in [0, 0.05) is 6.07 Å². The maximum Gasteiger partial charge on any atom is 0.163 e. The van der Waals surface area contributed by atoms with Gasteiger partial charge < -0.3 is 14.2 Å². The second-order valence-corrected chi connectivity index (χ2v) is 4.43. The van der Waals surface area contributed by atoms with Crippen molar-refractivity contribution < 1.29 is 19.0 Å². The highest BCUT2D eigenvalue weighted by molar-refractivity contribution is 5.97. The third-order valence-electron chi connectivity index (χ3n) is 2.92. The third-order valence-corrected chi connectivity index (χ3v) is 2.92. The van der Waals surface area contributed by atoms with Crippen LogP contribution in [0.25, 0.3) is 0 Å². The molecule has 0 spiro atoms. The molecular weight excluding hydrogens is 268 g/mol. The highest BCUT2D eigenvalue weighted by Gasteiger charge is 2.10. The summed E-state index contributed by atoms with van der Waals surface area (Å²) in [6.07, 6.45) is 0. The van der Waals surface area contributed by atoms with Gasteiger partial charge in [0.1, 0.15) is 30.5 Å². The lowest BCUT2D eigenvalue weighted by Gasteiger charge is -2.12. The summed E-state index contributed by atoms with van der Waals surface area (Å²) in [7, 11) is 1.57. The topological polar surface area (TPSA) is 44.8 Å². The number of para-hydroxylation sites is 1. The molecule has 2 rings (SSSR count). The van der Waals surface area contributed by atoms with Gasteiger partial charge in [-0.2, -0.15) is 0 Å². The SMILES string of the molecule is COc1ccc(C(C)=O)c(OCCOc2ccccc2)c1. The predicted octanol–water partition coefficient (Wildman–Crippen LogP) is 3.36. The van der Waals surface area contributed by atoms with E-state index in [-0.39, 0.29) is 5.78 Å². The Balaban J connectivity index is 1.94. The average Bonchev–Trinajstić information content (AvgIpc) is 2.52. The molecule has 0 N–H and O–H groups in total. The van der Waals surface area contributed by atoms with Crippen LogP contribution in [0.5, 0.6) is 17.2 Å². The van der Waals surface area contributed by atoms with Crippen LogP contribution in [0.3, 0.4) is 0 Å². The summed E-state index contributed by atoms with van der Waals surface area (Å²) >= 11 is 0. The van der Waals surface area contributed by atoms with Gasteiger partial charge in [-0.3, -0.25) is 4.79 Å². The first-order valence-electron chi connectivity index (χ1n) is 6.70. The lowest BCUT2D eigenvalue weighted by atomic mass is 10.1. The van der Waals surface area contributed by atoms with Gasteiger partial charge in [-0.1, -0.05) is 18.2 Å². The van der Waals surface area contributed by atoms with Crippen molar-refractivity contribution in [2.24, 2.45) is 0 Å². The third kappa shape index (κ3) is 4.24. The van der Waals surface area contributed by atoms with Gasteiger partial charge in [-0.05, 0) is 31.2 Å². The van der Waals surface area contributed by atoms with Crippen LogP contribution in [0.15, 0.2) is 48.5 Å². The number of rotatable bonds is 7. The van der Waals surface area contributed by atoms with E-state index in [1.807, 2.05) is 30.3 Å². The van der Waals surface area contributed by atoms with E-state index in [9.17, 15) is 4.79 Å². The fraction of sp³-hybridized carbons (Fsp3) is 0.235. The van der Waals surface area contributed by atoms with Crippen LogP contribution < -0.4 is 14.2 Å². The molecular formula is C17H18O4. The highest BCUT2D eigenvalue weighted by Crippen LogP contribution is 2.25. The molecule has 0 heterocycles. The first kappa shape index (κ1) is 14.9. The molecule has 0 aliphatic heterocycles. The molecule has 21 heavy (non-hydrogen) atoms. The van der Waals surface area contributed by atoms with Gasteiger partial charge in [0.2, 0.25) is 0 Å². The predicted molar refractivity (Wildman–Crippen MR) is 80.4 cm³/mol. The molecule has 0 saturated carbocycles. The van der Waals surface area contributed by atoms with Gasteiger partial charge in [-0.25, -0.2) is 0 Å². The minimum atomic E-state index is -0.0448. The van der Waals surface area contributed by atoms with Crippen LogP contribution in [0.4, 0.5) is 0 Å². The number of carbonyl (C=O) groups excluding carboxylic acids is 1. The van der Waals surface area contributed by atoms with E-state index in [1.54, 1.807) is 25.3 Å². The van der Waals surface area contributed by atoms with Gasteiger partial charge >= 0.3 is 0 Å².